The summed E-state index contributed by atoms with van der Waals surface area (Å²) in [4.78, 5) is 9.54. The molecule has 1 aliphatic carbocycles. The lowest BCUT2D eigenvalue weighted by atomic mass is 9.80. The summed E-state index contributed by atoms with van der Waals surface area (Å²) in [6, 6.07) is 1.30. The van der Waals surface area contributed by atoms with Crippen molar-refractivity contribution in [2.45, 2.75) is 24.9 Å². The molecule has 1 aromatic rings. The predicted molar refractivity (Wildman–Crippen MR) is 60.3 cm³/mol. The van der Waals surface area contributed by atoms with Crippen molar-refractivity contribution in [3.05, 3.63) is 33.9 Å². The van der Waals surface area contributed by atoms with Crippen molar-refractivity contribution in [2.75, 3.05) is 11.9 Å². The zero-order valence-electron chi connectivity index (χ0n) is 9.45. The van der Waals surface area contributed by atoms with E-state index in [9.17, 15) is 24.0 Å². The first kappa shape index (κ1) is 12.7. The number of hydrogen-bond acceptors (Lipinski definition) is 4. The van der Waals surface area contributed by atoms with Crippen molar-refractivity contribution in [3.8, 4) is 0 Å². The molecule has 2 N–H and O–H groups in total. The largest absolute Gasteiger partial charge is 0.388 e. The van der Waals surface area contributed by atoms with E-state index in [2.05, 4.69) is 5.32 Å². The third kappa shape index (κ3) is 2.40. The third-order valence-electron chi connectivity index (χ3n) is 3.12. The van der Waals surface area contributed by atoms with Gasteiger partial charge in [0.1, 0.15) is 5.69 Å². The molecule has 0 heterocycles. The minimum Gasteiger partial charge on any atom is -0.388 e. The second kappa shape index (κ2) is 4.49. The van der Waals surface area contributed by atoms with E-state index in [1.807, 2.05) is 0 Å². The summed E-state index contributed by atoms with van der Waals surface area (Å²) in [6.45, 7) is 0.0264. The van der Waals surface area contributed by atoms with Gasteiger partial charge in [-0.1, -0.05) is 0 Å². The van der Waals surface area contributed by atoms with Crippen LogP contribution in [0.15, 0.2) is 12.1 Å². The number of halogens is 2. The molecule has 0 spiro atoms. The maximum atomic E-state index is 13.5. The van der Waals surface area contributed by atoms with Crippen LogP contribution in [0.5, 0.6) is 0 Å². The van der Waals surface area contributed by atoms with Gasteiger partial charge in [0.15, 0.2) is 11.6 Å². The summed E-state index contributed by atoms with van der Waals surface area (Å²) in [7, 11) is 0. The molecule has 0 aliphatic heterocycles. The Labute approximate surface area is 102 Å². The fourth-order valence-electron chi connectivity index (χ4n) is 1.85. The maximum Gasteiger partial charge on any atom is 0.275 e. The highest BCUT2D eigenvalue weighted by Crippen LogP contribution is 2.32. The Morgan fingerprint density at radius 3 is 2.33 bits per heavy atom. The van der Waals surface area contributed by atoms with Crippen molar-refractivity contribution < 1.29 is 18.8 Å². The number of nitrogens with one attached hydrogen (secondary N) is 1. The first-order valence-electron chi connectivity index (χ1n) is 5.51. The van der Waals surface area contributed by atoms with Gasteiger partial charge in [-0.3, -0.25) is 10.1 Å². The zero-order chi connectivity index (χ0) is 13.3. The molecule has 0 unspecified atom stereocenters. The molecule has 0 atom stereocenters. The van der Waals surface area contributed by atoms with E-state index in [1.165, 1.54) is 0 Å². The average Bonchev–Trinajstić information content (AvgIpc) is 2.25. The predicted octanol–water partition coefficient (Wildman–Crippen LogP) is 2.20. The minimum absolute atomic E-state index is 0.0264. The molecule has 1 saturated carbocycles. The lowest BCUT2D eigenvalue weighted by Crippen LogP contribution is -2.43. The Hall–Kier alpha value is -1.76. The van der Waals surface area contributed by atoms with Crippen LogP contribution in [0.3, 0.4) is 0 Å². The van der Waals surface area contributed by atoms with Crippen LogP contribution in [0.25, 0.3) is 0 Å². The molecule has 0 aromatic heterocycles. The summed E-state index contributed by atoms with van der Waals surface area (Å²) in [5.74, 6) is -2.07. The highest BCUT2D eigenvalue weighted by atomic mass is 19.1. The number of nitrogens with zero attached hydrogens (tertiary/aromatic N) is 1. The topological polar surface area (TPSA) is 75.4 Å². The molecule has 18 heavy (non-hydrogen) atoms. The second-order valence-corrected chi connectivity index (χ2v) is 4.47. The van der Waals surface area contributed by atoms with E-state index >= 15 is 0 Å². The number of nitro benzene ring substituents is 1. The average molecular weight is 258 g/mol. The van der Waals surface area contributed by atoms with Crippen LogP contribution in [0.4, 0.5) is 20.2 Å². The van der Waals surface area contributed by atoms with Crippen molar-refractivity contribution in [2.24, 2.45) is 0 Å². The van der Waals surface area contributed by atoms with E-state index < -0.39 is 33.5 Å². The maximum absolute atomic E-state index is 13.5. The summed E-state index contributed by atoms with van der Waals surface area (Å²) < 4.78 is 27.0. The van der Waals surface area contributed by atoms with Gasteiger partial charge in [-0.25, -0.2) is 8.78 Å². The molecule has 1 fully saturated rings. The quantitative estimate of drug-likeness (QED) is 0.641. The van der Waals surface area contributed by atoms with Gasteiger partial charge in [-0.05, 0) is 19.3 Å². The summed E-state index contributed by atoms with van der Waals surface area (Å²) in [5, 5.41) is 22.6. The van der Waals surface area contributed by atoms with E-state index in [0.29, 0.717) is 25.0 Å². The Morgan fingerprint density at radius 1 is 1.39 bits per heavy atom. The van der Waals surface area contributed by atoms with Gasteiger partial charge in [-0.2, -0.15) is 0 Å². The number of non-ortho nitro benzene ring substituents is 1. The molecular formula is C11H12F2N2O3. The van der Waals surface area contributed by atoms with Crippen LogP contribution in [-0.4, -0.2) is 22.2 Å². The van der Waals surface area contributed by atoms with Crippen LogP contribution in [0, 0.1) is 21.7 Å². The summed E-state index contributed by atoms with van der Waals surface area (Å²) in [6.07, 6.45) is 2.04. The number of benzene rings is 1. The molecule has 7 heteroatoms. The number of hydrogen-bond donors (Lipinski definition) is 2. The van der Waals surface area contributed by atoms with E-state index in [4.69, 9.17) is 0 Å². The molecule has 0 amide bonds. The lowest BCUT2D eigenvalue weighted by molar-refractivity contribution is -0.385. The number of nitro groups is 1. The van der Waals surface area contributed by atoms with Crippen LogP contribution in [0.1, 0.15) is 19.3 Å². The van der Waals surface area contributed by atoms with Crippen LogP contribution in [-0.2, 0) is 0 Å². The highest BCUT2D eigenvalue weighted by molar-refractivity contribution is 5.51. The van der Waals surface area contributed by atoms with Crippen molar-refractivity contribution in [1.29, 1.82) is 0 Å². The Kier molecular flexibility index (Phi) is 3.16. The van der Waals surface area contributed by atoms with Crippen molar-refractivity contribution >= 4 is 11.4 Å². The van der Waals surface area contributed by atoms with Gasteiger partial charge in [0, 0.05) is 6.54 Å². The highest BCUT2D eigenvalue weighted by Gasteiger charge is 2.34. The molecule has 0 bridgehead atoms. The first-order chi connectivity index (χ1) is 8.41. The Morgan fingerprint density at radius 2 is 1.94 bits per heavy atom. The fraction of sp³-hybridized carbons (Fsp3) is 0.455. The molecule has 2 rings (SSSR count). The van der Waals surface area contributed by atoms with E-state index in [1.54, 1.807) is 0 Å². The van der Waals surface area contributed by atoms with Crippen molar-refractivity contribution in [3.63, 3.8) is 0 Å². The molecule has 1 aliphatic rings. The van der Waals surface area contributed by atoms with Gasteiger partial charge >= 0.3 is 0 Å². The van der Waals surface area contributed by atoms with Gasteiger partial charge in [0.2, 0.25) is 0 Å². The molecular weight excluding hydrogens is 246 g/mol. The van der Waals surface area contributed by atoms with Gasteiger partial charge in [0.05, 0.1) is 22.7 Å². The molecule has 5 nitrogen and oxygen atoms in total. The Bertz CT molecular complexity index is 466. The lowest BCUT2D eigenvalue weighted by Gasteiger charge is -2.36. The normalized spacial score (nSPS) is 17.1. The molecule has 0 radical (unpaired) electrons. The number of rotatable bonds is 4. The van der Waals surface area contributed by atoms with E-state index in [0.717, 1.165) is 6.42 Å². The molecule has 0 saturated heterocycles. The summed E-state index contributed by atoms with van der Waals surface area (Å²) >= 11 is 0. The second-order valence-electron chi connectivity index (χ2n) is 4.47. The smallest absolute Gasteiger partial charge is 0.275 e. The molecule has 1 aromatic carbocycles. The van der Waals surface area contributed by atoms with E-state index in [-0.39, 0.29) is 6.54 Å². The third-order valence-corrected chi connectivity index (χ3v) is 3.12. The summed E-state index contributed by atoms with van der Waals surface area (Å²) in [5.41, 5.74) is -2.01. The number of anilines is 1. The van der Waals surface area contributed by atoms with Gasteiger partial charge in [-0.15, -0.1) is 0 Å². The van der Waals surface area contributed by atoms with Crippen LogP contribution < -0.4 is 5.32 Å². The van der Waals surface area contributed by atoms with Crippen LogP contribution in [0.2, 0.25) is 0 Å². The zero-order valence-corrected chi connectivity index (χ0v) is 9.45. The monoisotopic (exact) mass is 258 g/mol. The SMILES string of the molecule is O=[N+]([O-])c1cc(F)c(NCC2(O)CCC2)c(F)c1. The first-order valence-corrected chi connectivity index (χ1v) is 5.51. The minimum atomic E-state index is -1.04. The number of aliphatic hydroxyl groups is 1. The fourth-order valence-corrected chi connectivity index (χ4v) is 1.85. The van der Waals surface area contributed by atoms with Crippen LogP contribution >= 0.6 is 0 Å². The van der Waals surface area contributed by atoms with Crippen molar-refractivity contribution in [1.82, 2.24) is 0 Å². The standard InChI is InChI=1S/C11H12F2N2O3/c12-8-4-7(15(17)18)5-9(13)10(8)14-6-11(16)2-1-3-11/h4-5,14,16H,1-3,6H2. The van der Waals surface area contributed by atoms with Gasteiger partial charge in [0.25, 0.3) is 5.69 Å². The Balaban J connectivity index is 2.15. The molecule has 98 valence electrons. The van der Waals surface area contributed by atoms with Gasteiger partial charge < -0.3 is 10.4 Å².